The second-order valence-corrected chi connectivity index (χ2v) is 6.59. The van der Waals surface area contributed by atoms with Gasteiger partial charge >= 0.3 is 0 Å². The Balaban J connectivity index is 1.92. The molecule has 0 aliphatic rings. The topological polar surface area (TPSA) is 31.0 Å². The molecule has 0 saturated carbocycles. The minimum Gasteiger partial charge on any atom is -0.458 e. The SMILES string of the molecule is Clc1ccccc1C(c1cc2cc(Br)ccc2o1)n1ccnc1. The van der Waals surface area contributed by atoms with Gasteiger partial charge in [0.1, 0.15) is 17.4 Å². The highest BCUT2D eigenvalue weighted by molar-refractivity contribution is 9.10. The summed E-state index contributed by atoms with van der Waals surface area (Å²) in [4.78, 5) is 4.16. The summed E-state index contributed by atoms with van der Waals surface area (Å²) in [6, 6.07) is 15.7. The van der Waals surface area contributed by atoms with Gasteiger partial charge in [-0.15, -0.1) is 0 Å². The van der Waals surface area contributed by atoms with Crippen LogP contribution < -0.4 is 0 Å². The number of benzene rings is 2. The maximum Gasteiger partial charge on any atom is 0.134 e. The van der Waals surface area contributed by atoms with Crippen LogP contribution in [-0.4, -0.2) is 9.55 Å². The number of furan rings is 1. The van der Waals surface area contributed by atoms with E-state index in [2.05, 4.69) is 20.9 Å². The first-order chi connectivity index (χ1) is 11.2. The Kier molecular flexibility index (Phi) is 3.71. The molecule has 4 aromatic rings. The summed E-state index contributed by atoms with van der Waals surface area (Å²) >= 11 is 9.92. The molecule has 3 nitrogen and oxygen atoms in total. The van der Waals surface area contributed by atoms with Gasteiger partial charge in [0, 0.05) is 32.8 Å². The van der Waals surface area contributed by atoms with Crippen LogP contribution in [0.5, 0.6) is 0 Å². The lowest BCUT2D eigenvalue weighted by Gasteiger charge is -2.17. The van der Waals surface area contributed by atoms with Crippen LogP contribution in [0.2, 0.25) is 5.02 Å². The maximum atomic E-state index is 6.43. The minimum atomic E-state index is -0.155. The first kappa shape index (κ1) is 14.5. The second kappa shape index (κ2) is 5.87. The Bertz CT molecular complexity index is 962. The summed E-state index contributed by atoms with van der Waals surface area (Å²) in [6.45, 7) is 0. The summed E-state index contributed by atoms with van der Waals surface area (Å²) in [5.41, 5.74) is 1.82. The highest BCUT2D eigenvalue weighted by atomic mass is 79.9. The van der Waals surface area contributed by atoms with E-state index in [0.29, 0.717) is 5.02 Å². The molecule has 0 N–H and O–H groups in total. The molecule has 0 aliphatic carbocycles. The van der Waals surface area contributed by atoms with Crippen LogP contribution in [0.25, 0.3) is 11.0 Å². The third kappa shape index (κ3) is 2.69. The Hall–Kier alpha value is -2.04. The molecule has 114 valence electrons. The van der Waals surface area contributed by atoms with Gasteiger partial charge in [-0.3, -0.25) is 0 Å². The second-order valence-electron chi connectivity index (χ2n) is 5.26. The average molecular weight is 388 g/mol. The van der Waals surface area contributed by atoms with Gasteiger partial charge in [0.15, 0.2) is 0 Å². The number of rotatable bonds is 3. The smallest absolute Gasteiger partial charge is 0.134 e. The van der Waals surface area contributed by atoms with Crippen molar-refractivity contribution in [3.63, 3.8) is 0 Å². The van der Waals surface area contributed by atoms with Crippen molar-refractivity contribution in [2.45, 2.75) is 6.04 Å². The average Bonchev–Trinajstić information content (AvgIpc) is 3.19. The summed E-state index contributed by atoms with van der Waals surface area (Å²) < 4.78 is 9.11. The van der Waals surface area contributed by atoms with Crippen molar-refractivity contribution in [2.24, 2.45) is 0 Å². The molecule has 0 bridgehead atoms. The number of fused-ring (bicyclic) bond motifs is 1. The van der Waals surface area contributed by atoms with Gasteiger partial charge < -0.3 is 8.98 Å². The number of hydrogen-bond acceptors (Lipinski definition) is 2. The number of imidazole rings is 1. The van der Waals surface area contributed by atoms with E-state index in [0.717, 1.165) is 26.8 Å². The first-order valence-corrected chi connectivity index (χ1v) is 8.30. The zero-order chi connectivity index (χ0) is 15.8. The van der Waals surface area contributed by atoms with E-state index in [1.165, 1.54) is 0 Å². The summed E-state index contributed by atoms with van der Waals surface area (Å²) in [7, 11) is 0. The Morgan fingerprint density at radius 3 is 2.78 bits per heavy atom. The normalized spacial score (nSPS) is 12.6. The molecule has 2 aromatic carbocycles. The molecule has 0 saturated heterocycles. The molecule has 1 atom stereocenters. The fourth-order valence-electron chi connectivity index (χ4n) is 2.75. The predicted octanol–water partition coefficient (Wildman–Crippen LogP) is 5.68. The van der Waals surface area contributed by atoms with Gasteiger partial charge in [-0.2, -0.15) is 0 Å². The molecule has 23 heavy (non-hydrogen) atoms. The van der Waals surface area contributed by atoms with Crippen LogP contribution in [0.4, 0.5) is 0 Å². The molecule has 0 spiro atoms. The monoisotopic (exact) mass is 386 g/mol. The molecule has 0 fully saturated rings. The lowest BCUT2D eigenvalue weighted by molar-refractivity contribution is 0.488. The molecular weight excluding hydrogens is 376 g/mol. The van der Waals surface area contributed by atoms with Crippen molar-refractivity contribution in [3.8, 4) is 0 Å². The maximum absolute atomic E-state index is 6.43. The van der Waals surface area contributed by atoms with Gasteiger partial charge in [0.2, 0.25) is 0 Å². The zero-order valence-electron chi connectivity index (χ0n) is 12.0. The van der Waals surface area contributed by atoms with Crippen molar-refractivity contribution >= 4 is 38.5 Å². The van der Waals surface area contributed by atoms with Gasteiger partial charge in [-0.25, -0.2) is 4.98 Å². The van der Waals surface area contributed by atoms with Gasteiger partial charge in [0.25, 0.3) is 0 Å². The summed E-state index contributed by atoms with van der Waals surface area (Å²) in [5, 5.41) is 1.75. The van der Waals surface area contributed by atoms with E-state index in [9.17, 15) is 0 Å². The highest BCUT2D eigenvalue weighted by Crippen LogP contribution is 2.35. The number of aromatic nitrogens is 2. The van der Waals surface area contributed by atoms with Crippen molar-refractivity contribution in [1.29, 1.82) is 0 Å². The Morgan fingerprint density at radius 1 is 1.13 bits per heavy atom. The van der Waals surface area contributed by atoms with Gasteiger partial charge in [-0.1, -0.05) is 45.7 Å². The third-order valence-electron chi connectivity index (χ3n) is 3.79. The lowest BCUT2D eigenvalue weighted by atomic mass is 10.0. The van der Waals surface area contributed by atoms with Crippen LogP contribution >= 0.6 is 27.5 Å². The van der Waals surface area contributed by atoms with Crippen LogP contribution in [0, 0.1) is 0 Å². The quantitative estimate of drug-likeness (QED) is 0.452. The van der Waals surface area contributed by atoms with Crippen LogP contribution in [0.1, 0.15) is 17.4 Å². The van der Waals surface area contributed by atoms with Crippen molar-refractivity contribution < 1.29 is 4.42 Å². The van der Waals surface area contributed by atoms with Gasteiger partial charge in [-0.05, 0) is 30.3 Å². The highest BCUT2D eigenvalue weighted by Gasteiger charge is 2.22. The largest absolute Gasteiger partial charge is 0.458 e. The van der Waals surface area contributed by atoms with Crippen molar-refractivity contribution in [2.75, 3.05) is 0 Å². The number of nitrogens with zero attached hydrogens (tertiary/aromatic N) is 2. The number of hydrogen-bond donors (Lipinski definition) is 0. The lowest BCUT2D eigenvalue weighted by Crippen LogP contribution is -2.10. The van der Waals surface area contributed by atoms with Crippen molar-refractivity contribution in [1.82, 2.24) is 9.55 Å². The molecule has 0 radical (unpaired) electrons. The predicted molar refractivity (Wildman–Crippen MR) is 94.8 cm³/mol. The molecule has 1 unspecified atom stereocenters. The third-order valence-corrected chi connectivity index (χ3v) is 4.63. The van der Waals surface area contributed by atoms with E-state index in [1.54, 1.807) is 12.5 Å². The van der Waals surface area contributed by atoms with E-state index in [1.807, 2.05) is 59.3 Å². The summed E-state index contributed by atoms with van der Waals surface area (Å²) in [5.74, 6) is 0.823. The van der Waals surface area contributed by atoms with E-state index in [-0.39, 0.29) is 6.04 Å². The summed E-state index contributed by atoms with van der Waals surface area (Å²) in [6.07, 6.45) is 5.44. The Morgan fingerprint density at radius 2 is 2.00 bits per heavy atom. The zero-order valence-corrected chi connectivity index (χ0v) is 14.3. The fraction of sp³-hybridized carbons (Fsp3) is 0.0556. The molecule has 2 aromatic heterocycles. The Labute approximate surface area is 146 Å². The van der Waals surface area contributed by atoms with Crippen LogP contribution in [0.3, 0.4) is 0 Å². The van der Waals surface area contributed by atoms with Crippen molar-refractivity contribution in [3.05, 3.63) is 88.1 Å². The molecule has 4 rings (SSSR count). The van der Waals surface area contributed by atoms with E-state index in [4.69, 9.17) is 16.0 Å². The minimum absolute atomic E-state index is 0.155. The number of halogens is 2. The van der Waals surface area contributed by atoms with E-state index >= 15 is 0 Å². The van der Waals surface area contributed by atoms with Gasteiger partial charge in [0.05, 0.1) is 6.33 Å². The van der Waals surface area contributed by atoms with E-state index < -0.39 is 0 Å². The molecule has 5 heteroatoms. The molecule has 0 amide bonds. The molecular formula is C18H12BrClN2O. The molecule has 2 heterocycles. The van der Waals surface area contributed by atoms with Crippen LogP contribution in [-0.2, 0) is 0 Å². The standard InChI is InChI=1S/C18H12BrClN2O/c19-13-5-6-16-12(9-13)10-17(23-16)18(22-8-7-21-11-22)14-3-1-2-4-15(14)20/h1-11,18H. The first-order valence-electron chi connectivity index (χ1n) is 7.13. The molecule has 0 aliphatic heterocycles. The fourth-order valence-corrected chi connectivity index (χ4v) is 3.37. The van der Waals surface area contributed by atoms with Crippen LogP contribution in [0.15, 0.2) is 76.1 Å².